The molecule has 2 aromatic carbocycles. The van der Waals surface area contributed by atoms with Crippen molar-refractivity contribution in [3.8, 4) is 5.75 Å². The van der Waals surface area contributed by atoms with Crippen LogP contribution in [0, 0.1) is 5.92 Å². The van der Waals surface area contributed by atoms with E-state index in [2.05, 4.69) is 15.6 Å². The number of carbonyl (C=O) groups is 4. The van der Waals surface area contributed by atoms with E-state index in [0.29, 0.717) is 6.42 Å². The molecule has 11 nitrogen and oxygen atoms in total. The summed E-state index contributed by atoms with van der Waals surface area (Å²) in [5, 5.41) is 24.5. The molecule has 1 heterocycles. The van der Waals surface area contributed by atoms with Gasteiger partial charge >= 0.3 is 11.9 Å². The Kier molecular flexibility index (Phi) is 9.44. The summed E-state index contributed by atoms with van der Waals surface area (Å²) in [5.41, 5.74) is 8.01. The molecule has 1 aromatic heterocycles. The van der Waals surface area contributed by atoms with E-state index in [1.807, 2.05) is 44.3 Å². The van der Waals surface area contributed by atoms with Crippen LogP contribution in [0.2, 0.25) is 0 Å². The van der Waals surface area contributed by atoms with Crippen molar-refractivity contribution in [2.45, 2.75) is 45.2 Å². The van der Waals surface area contributed by atoms with Crippen molar-refractivity contribution in [2.75, 3.05) is 11.9 Å². The number of anilines is 1. The van der Waals surface area contributed by atoms with Gasteiger partial charge in [-0.15, -0.1) is 0 Å². The Labute approximate surface area is 219 Å². The molecule has 0 spiro atoms. The summed E-state index contributed by atoms with van der Waals surface area (Å²) in [5.74, 6) is -3.49. The summed E-state index contributed by atoms with van der Waals surface area (Å²) in [6.45, 7) is 3.91. The molecule has 7 N–H and O–H groups in total. The highest BCUT2D eigenvalue weighted by atomic mass is 16.5. The van der Waals surface area contributed by atoms with Gasteiger partial charge < -0.3 is 36.3 Å². The summed E-state index contributed by atoms with van der Waals surface area (Å²) >= 11 is 0. The molecule has 0 saturated heterocycles. The molecule has 0 aliphatic carbocycles. The number of benzene rings is 2. The lowest BCUT2D eigenvalue weighted by Gasteiger charge is -2.18. The largest absolute Gasteiger partial charge is 0.491 e. The number of rotatable bonds is 13. The molecule has 3 rings (SSSR count). The molecule has 0 aliphatic heterocycles. The topological polar surface area (TPSA) is 184 Å². The summed E-state index contributed by atoms with van der Waals surface area (Å²) in [6, 6.07) is 9.68. The van der Waals surface area contributed by atoms with Crippen molar-refractivity contribution < 1.29 is 34.1 Å². The lowest BCUT2D eigenvalue weighted by Crippen LogP contribution is -2.41. The number of para-hydroxylation sites is 1. The number of carbonyl (C=O) groups excluding carboxylic acids is 2. The lowest BCUT2D eigenvalue weighted by atomic mass is 10.0. The Morgan fingerprint density at radius 2 is 1.82 bits per heavy atom. The Balaban J connectivity index is 1.81. The van der Waals surface area contributed by atoms with Gasteiger partial charge in [0.1, 0.15) is 11.8 Å². The molecule has 2 atom stereocenters. The van der Waals surface area contributed by atoms with Gasteiger partial charge in [-0.3, -0.25) is 14.4 Å². The summed E-state index contributed by atoms with van der Waals surface area (Å²) < 4.78 is 5.95. The highest BCUT2D eigenvalue weighted by molar-refractivity contribution is 6.00. The van der Waals surface area contributed by atoms with Crippen molar-refractivity contribution >= 4 is 40.3 Å². The van der Waals surface area contributed by atoms with Crippen LogP contribution in [0.25, 0.3) is 10.9 Å². The van der Waals surface area contributed by atoms with Gasteiger partial charge in [0.2, 0.25) is 5.91 Å². The zero-order valence-electron chi connectivity index (χ0n) is 21.2. The minimum absolute atomic E-state index is 0.0485. The van der Waals surface area contributed by atoms with Crippen LogP contribution in [0.5, 0.6) is 5.75 Å². The van der Waals surface area contributed by atoms with E-state index in [4.69, 9.17) is 15.6 Å². The van der Waals surface area contributed by atoms with Crippen molar-refractivity contribution in [3.63, 3.8) is 0 Å². The number of aromatic amines is 1. The number of H-pyrrole nitrogens is 1. The highest BCUT2D eigenvalue weighted by Crippen LogP contribution is 2.27. The fraction of sp³-hybridized carbons (Fsp3) is 0.333. The van der Waals surface area contributed by atoms with E-state index in [1.54, 1.807) is 0 Å². The van der Waals surface area contributed by atoms with Crippen molar-refractivity contribution in [1.82, 2.24) is 10.3 Å². The minimum Gasteiger partial charge on any atom is -0.491 e. The highest BCUT2D eigenvalue weighted by Gasteiger charge is 2.23. The fourth-order valence-electron chi connectivity index (χ4n) is 3.94. The van der Waals surface area contributed by atoms with Gasteiger partial charge in [0, 0.05) is 29.1 Å². The van der Waals surface area contributed by atoms with E-state index in [-0.39, 0.29) is 35.9 Å². The molecule has 11 heteroatoms. The van der Waals surface area contributed by atoms with Crippen LogP contribution in [0.1, 0.15) is 42.6 Å². The van der Waals surface area contributed by atoms with Crippen LogP contribution in [-0.4, -0.2) is 57.6 Å². The molecule has 202 valence electrons. The number of amides is 2. The molecule has 2 amide bonds. The molecule has 0 saturated carbocycles. The monoisotopic (exact) mass is 524 g/mol. The van der Waals surface area contributed by atoms with Crippen molar-refractivity contribution in [1.29, 1.82) is 0 Å². The quantitative estimate of drug-likeness (QED) is 0.197. The molecule has 0 unspecified atom stereocenters. The van der Waals surface area contributed by atoms with E-state index in [0.717, 1.165) is 16.5 Å². The SMILES string of the molecule is CC(C)C[C@H](NC(=O)c1ccc(NC(=O)[C@@H](N)CC(=O)O)c(OCCc2c[nH]c3ccccc23)c1)C(=O)O. The Morgan fingerprint density at radius 1 is 1.08 bits per heavy atom. The maximum atomic E-state index is 12.9. The Bertz CT molecular complexity index is 1320. The standard InChI is InChI=1S/C27H32N4O7/c1-15(2)11-22(27(36)37)31-25(34)16-7-8-21(30-26(35)19(28)13-24(32)33)23(12-16)38-10-9-17-14-29-20-6-4-3-5-18(17)20/h3-8,12,14-15,19,22,29H,9-11,13,28H2,1-2H3,(H,30,35)(H,31,34)(H,32,33)(H,36,37)/t19-,22-/m0/s1. The van der Waals surface area contributed by atoms with Gasteiger partial charge in [0.15, 0.2) is 0 Å². The second-order valence-electron chi connectivity index (χ2n) is 9.36. The first kappa shape index (κ1) is 28.2. The maximum Gasteiger partial charge on any atom is 0.326 e. The summed E-state index contributed by atoms with van der Waals surface area (Å²) in [7, 11) is 0. The van der Waals surface area contributed by atoms with Gasteiger partial charge in [0.05, 0.1) is 24.8 Å². The normalized spacial score (nSPS) is 12.6. The van der Waals surface area contributed by atoms with Gasteiger partial charge in [-0.25, -0.2) is 4.79 Å². The fourth-order valence-corrected chi connectivity index (χ4v) is 3.94. The predicted octanol–water partition coefficient (Wildman–Crippen LogP) is 2.76. The molecule has 0 radical (unpaired) electrons. The lowest BCUT2D eigenvalue weighted by molar-refractivity contribution is -0.140. The summed E-state index contributed by atoms with van der Waals surface area (Å²) in [6.07, 6.45) is 2.09. The van der Waals surface area contributed by atoms with Gasteiger partial charge in [0.25, 0.3) is 5.91 Å². The van der Waals surface area contributed by atoms with Gasteiger partial charge in [-0.1, -0.05) is 32.0 Å². The van der Waals surface area contributed by atoms with Crippen molar-refractivity contribution in [2.24, 2.45) is 11.7 Å². The molecular formula is C27H32N4O7. The first-order valence-electron chi connectivity index (χ1n) is 12.2. The number of aliphatic carboxylic acids is 2. The number of hydrogen-bond donors (Lipinski definition) is 6. The van der Waals surface area contributed by atoms with Crippen LogP contribution < -0.4 is 21.1 Å². The average Bonchev–Trinajstić information content (AvgIpc) is 3.26. The van der Waals surface area contributed by atoms with Crippen molar-refractivity contribution in [3.05, 3.63) is 59.8 Å². The molecule has 0 fully saturated rings. The number of ether oxygens (including phenoxy) is 1. The zero-order chi connectivity index (χ0) is 27.8. The number of fused-ring (bicyclic) bond motifs is 1. The van der Waals surface area contributed by atoms with Crippen LogP contribution >= 0.6 is 0 Å². The molecule has 0 bridgehead atoms. The third-order valence-corrected chi connectivity index (χ3v) is 5.85. The second kappa shape index (κ2) is 12.7. The van der Waals surface area contributed by atoms with Crippen LogP contribution in [0.4, 0.5) is 5.69 Å². The number of carboxylic acids is 2. The predicted molar refractivity (Wildman–Crippen MR) is 141 cm³/mol. The first-order valence-corrected chi connectivity index (χ1v) is 12.2. The maximum absolute atomic E-state index is 12.9. The zero-order valence-corrected chi connectivity index (χ0v) is 21.2. The van der Waals surface area contributed by atoms with Gasteiger partial charge in [-0.05, 0) is 42.2 Å². The Morgan fingerprint density at radius 3 is 2.50 bits per heavy atom. The smallest absolute Gasteiger partial charge is 0.326 e. The number of aromatic nitrogens is 1. The van der Waals surface area contributed by atoms with E-state index < -0.39 is 42.3 Å². The van der Waals surface area contributed by atoms with Crippen LogP contribution in [-0.2, 0) is 20.8 Å². The molecular weight excluding hydrogens is 492 g/mol. The minimum atomic E-state index is -1.29. The third-order valence-electron chi connectivity index (χ3n) is 5.85. The first-order chi connectivity index (χ1) is 18.0. The number of carboxylic acid groups (broad SMARTS) is 2. The van der Waals surface area contributed by atoms with E-state index >= 15 is 0 Å². The van der Waals surface area contributed by atoms with Gasteiger partial charge in [-0.2, -0.15) is 0 Å². The second-order valence-corrected chi connectivity index (χ2v) is 9.36. The molecule has 38 heavy (non-hydrogen) atoms. The van der Waals surface area contributed by atoms with E-state index in [9.17, 15) is 24.3 Å². The number of hydrogen-bond acceptors (Lipinski definition) is 6. The molecule has 0 aliphatic rings. The number of nitrogens with one attached hydrogen (secondary N) is 3. The summed E-state index contributed by atoms with van der Waals surface area (Å²) in [4.78, 5) is 51.0. The average molecular weight is 525 g/mol. The van der Waals surface area contributed by atoms with E-state index in [1.165, 1.54) is 18.2 Å². The number of nitrogens with two attached hydrogens (primary N) is 1. The third kappa shape index (κ3) is 7.56. The van der Waals surface area contributed by atoms with Crippen LogP contribution in [0.15, 0.2) is 48.7 Å². The Hall–Kier alpha value is -4.38. The van der Waals surface area contributed by atoms with Crippen LogP contribution in [0.3, 0.4) is 0 Å². The molecule has 3 aromatic rings.